The van der Waals surface area contributed by atoms with Crippen LogP contribution in [-0.4, -0.2) is 23.7 Å². The fourth-order valence-electron chi connectivity index (χ4n) is 5.07. The van der Waals surface area contributed by atoms with Crippen molar-refractivity contribution in [2.45, 2.75) is 38.1 Å². The molecule has 98 valence electrons. The van der Waals surface area contributed by atoms with E-state index in [1.165, 1.54) is 32.1 Å². The van der Waals surface area contributed by atoms with E-state index in [1.807, 2.05) is 0 Å². The first kappa shape index (κ1) is 12.0. The second-order valence-corrected chi connectivity index (χ2v) is 6.41. The molecule has 4 fully saturated rings. The number of aliphatic carboxylic acids is 1. The van der Waals surface area contributed by atoms with E-state index < -0.39 is 12.0 Å². The minimum Gasteiger partial charge on any atom is -0.480 e. The van der Waals surface area contributed by atoms with Gasteiger partial charge in [-0.2, -0.15) is 0 Å². The van der Waals surface area contributed by atoms with Gasteiger partial charge < -0.3 is 5.11 Å². The van der Waals surface area contributed by atoms with Crippen molar-refractivity contribution in [3.05, 3.63) is 0 Å². The summed E-state index contributed by atoms with van der Waals surface area (Å²) in [5.74, 6) is 5.09. The number of carboxylic acid groups (broad SMARTS) is 1. The molecule has 4 saturated carbocycles. The third kappa shape index (κ3) is 1.93. The molecule has 4 rings (SSSR count). The van der Waals surface area contributed by atoms with E-state index >= 15 is 0 Å². The highest BCUT2D eigenvalue weighted by Gasteiger charge is 2.51. The van der Waals surface area contributed by atoms with Crippen LogP contribution in [0.2, 0.25) is 0 Å². The lowest BCUT2D eigenvalue weighted by Gasteiger charge is -2.55. The van der Waals surface area contributed by atoms with Gasteiger partial charge in [-0.1, -0.05) is 5.92 Å². The van der Waals surface area contributed by atoms with Gasteiger partial charge in [-0.05, 0) is 61.7 Å². The van der Waals surface area contributed by atoms with Crippen molar-refractivity contribution in [1.82, 2.24) is 5.32 Å². The van der Waals surface area contributed by atoms with Gasteiger partial charge in [-0.15, -0.1) is 6.42 Å². The second kappa shape index (κ2) is 4.59. The van der Waals surface area contributed by atoms with Crippen LogP contribution >= 0.6 is 0 Å². The van der Waals surface area contributed by atoms with Gasteiger partial charge in [-0.3, -0.25) is 10.1 Å². The Morgan fingerprint density at radius 1 is 1.22 bits per heavy atom. The number of carboxylic acids is 1. The summed E-state index contributed by atoms with van der Waals surface area (Å²) in [6, 6.07) is -0.434. The van der Waals surface area contributed by atoms with E-state index in [2.05, 4.69) is 11.2 Å². The molecule has 0 aromatic heterocycles. The molecular weight excluding hydrogens is 226 g/mol. The molecule has 3 heteroatoms. The first-order valence-corrected chi connectivity index (χ1v) is 7.08. The highest BCUT2D eigenvalue weighted by atomic mass is 16.4. The first-order valence-electron chi connectivity index (χ1n) is 7.08. The average Bonchev–Trinajstić information content (AvgIpc) is 2.31. The van der Waals surface area contributed by atoms with Crippen LogP contribution in [0.15, 0.2) is 0 Å². The molecule has 0 spiro atoms. The Balaban J connectivity index is 1.78. The normalized spacial score (nSPS) is 42.5. The lowest BCUT2D eigenvalue weighted by Crippen LogP contribution is -2.55. The molecule has 4 bridgehead atoms. The highest BCUT2D eigenvalue weighted by Crippen LogP contribution is 2.57. The Hall–Kier alpha value is -1.01. The molecule has 0 amide bonds. The fraction of sp³-hybridized carbons (Fsp3) is 0.800. The Morgan fingerprint density at radius 3 is 2.22 bits per heavy atom. The molecule has 4 aliphatic rings. The molecular formula is C15H21NO2. The quantitative estimate of drug-likeness (QED) is 0.744. The summed E-state index contributed by atoms with van der Waals surface area (Å²) < 4.78 is 0. The van der Waals surface area contributed by atoms with E-state index in [4.69, 9.17) is 6.42 Å². The average molecular weight is 247 g/mol. The molecule has 0 aromatic rings. The van der Waals surface area contributed by atoms with Gasteiger partial charge in [0.25, 0.3) is 0 Å². The number of hydrogen-bond acceptors (Lipinski definition) is 2. The number of rotatable bonds is 4. The van der Waals surface area contributed by atoms with Crippen molar-refractivity contribution in [3.63, 3.8) is 0 Å². The molecule has 0 radical (unpaired) electrons. The standard InChI is InChI=1S/C15H21NO2/c1-2-3-16-14(15(17)18)13-11-5-9-4-10(7-11)8-12(13)6-9/h1,9-14,16H,3-8H2,(H,17,18). The summed E-state index contributed by atoms with van der Waals surface area (Å²) in [5, 5.41) is 12.5. The lowest BCUT2D eigenvalue weighted by atomic mass is 9.50. The first-order chi connectivity index (χ1) is 8.69. The van der Waals surface area contributed by atoms with Gasteiger partial charge >= 0.3 is 5.97 Å². The molecule has 0 saturated heterocycles. The summed E-state index contributed by atoms with van der Waals surface area (Å²) in [5.41, 5.74) is 0. The van der Waals surface area contributed by atoms with Crippen LogP contribution < -0.4 is 5.32 Å². The zero-order chi connectivity index (χ0) is 12.7. The van der Waals surface area contributed by atoms with E-state index in [0.29, 0.717) is 24.3 Å². The summed E-state index contributed by atoms with van der Waals surface area (Å²) in [7, 11) is 0. The van der Waals surface area contributed by atoms with Crippen molar-refractivity contribution in [2.24, 2.45) is 29.6 Å². The maximum atomic E-state index is 11.5. The summed E-state index contributed by atoms with van der Waals surface area (Å²) in [6.07, 6.45) is 11.6. The van der Waals surface area contributed by atoms with E-state index in [-0.39, 0.29) is 0 Å². The summed E-state index contributed by atoms with van der Waals surface area (Å²) >= 11 is 0. The third-order valence-corrected chi connectivity index (χ3v) is 5.37. The van der Waals surface area contributed by atoms with Crippen molar-refractivity contribution in [2.75, 3.05) is 6.54 Å². The molecule has 1 atom stereocenters. The molecule has 0 aromatic carbocycles. The van der Waals surface area contributed by atoms with Crippen LogP contribution in [0.1, 0.15) is 32.1 Å². The molecule has 18 heavy (non-hydrogen) atoms. The zero-order valence-corrected chi connectivity index (χ0v) is 10.6. The van der Waals surface area contributed by atoms with Crippen molar-refractivity contribution < 1.29 is 9.90 Å². The van der Waals surface area contributed by atoms with Crippen LogP contribution in [-0.2, 0) is 4.79 Å². The van der Waals surface area contributed by atoms with Crippen molar-refractivity contribution >= 4 is 5.97 Å². The largest absolute Gasteiger partial charge is 0.480 e. The number of hydrogen-bond donors (Lipinski definition) is 2. The van der Waals surface area contributed by atoms with Crippen LogP contribution in [0.25, 0.3) is 0 Å². The molecule has 0 aliphatic heterocycles. The molecule has 3 nitrogen and oxygen atoms in total. The Morgan fingerprint density at radius 2 is 1.78 bits per heavy atom. The molecule has 1 unspecified atom stereocenters. The molecule has 0 heterocycles. The smallest absolute Gasteiger partial charge is 0.321 e. The Labute approximate surface area is 108 Å². The van der Waals surface area contributed by atoms with Crippen molar-refractivity contribution in [1.29, 1.82) is 0 Å². The summed E-state index contributed by atoms with van der Waals surface area (Å²) in [6.45, 7) is 0.361. The molecule has 2 N–H and O–H groups in total. The fourth-order valence-corrected chi connectivity index (χ4v) is 5.07. The number of terminal acetylenes is 1. The maximum absolute atomic E-state index is 11.5. The van der Waals surface area contributed by atoms with E-state index in [9.17, 15) is 9.90 Å². The van der Waals surface area contributed by atoms with Gasteiger partial charge in [0.2, 0.25) is 0 Å². The van der Waals surface area contributed by atoms with Crippen LogP contribution in [0.5, 0.6) is 0 Å². The maximum Gasteiger partial charge on any atom is 0.321 e. The summed E-state index contributed by atoms with van der Waals surface area (Å²) in [4.78, 5) is 11.5. The van der Waals surface area contributed by atoms with Crippen LogP contribution in [0.3, 0.4) is 0 Å². The van der Waals surface area contributed by atoms with Gasteiger partial charge in [0, 0.05) is 0 Å². The molecule has 4 aliphatic carbocycles. The minimum atomic E-state index is -0.720. The monoisotopic (exact) mass is 247 g/mol. The Kier molecular flexibility index (Phi) is 3.07. The van der Waals surface area contributed by atoms with Gasteiger partial charge in [0.15, 0.2) is 0 Å². The number of nitrogens with one attached hydrogen (secondary N) is 1. The SMILES string of the molecule is C#CCNC(C(=O)O)C1C2CC3CC(C2)CC1C3. The predicted octanol–water partition coefficient (Wildman–Crippen LogP) is 1.73. The number of carbonyl (C=O) groups is 1. The lowest BCUT2D eigenvalue weighted by molar-refractivity contribution is -0.146. The van der Waals surface area contributed by atoms with Crippen molar-refractivity contribution in [3.8, 4) is 12.3 Å². The highest BCUT2D eigenvalue weighted by molar-refractivity contribution is 5.74. The van der Waals surface area contributed by atoms with E-state index in [1.54, 1.807) is 0 Å². The third-order valence-electron chi connectivity index (χ3n) is 5.37. The minimum absolute atomic E-state index is 0.309. The Bertz CT molecular complexity index is 356. The van der Waals surface area contributed by atoms with E-state index in [0.717, 1.165) is 11.8 Å². The zero-order valence-electron chi connectivity index (χ0n) is 10.6. The van der Waals surface area contributed by atoms with Gasteiger partial charge in [-0.25, -0.2) is 0 Å². The second-order valence-electron chi connectivity index (χ2n) is 6.41. The van der Waals surface area contributed by atoms with Gasteiger partial charge in [0.1, 0.15) is 6.04 Å². The van der Waals surface area contributed by atoms with Crippen LogP contribution in [0.4, 0.5) is 0 Å². The predicted molar refractivity (Wildman–Crippen MR) is 68.8 cm³/mol. The topological polar surface area (TPSA) is 49.3 Å². The van der Waals surface area contributed by atoms with Crippen LogP contribution in [0, 0.1) is 41.9 Å². The van der Waals surface area contributed by atoms with Gasteiger partial charge in [0.05, 0.1) is 6.54 Å².